The standard InChI is InChI=1S/C16H16F4N2O3/c1-3-24-9(2)4-7-13(23)11-6-5-10(8-12(11)17)14-21-15(25-22-14)16(18,19)20/h5-6,8-9H,3-4,7H2,1-2H3. The van der Waals surface area contributed by atoms with E-state index in [0.717, 1.165) is 6.07 Å². The second kappa shape index (κ2) is 7.73. The second-order valence-corrected chi connectivity index (χ2v) is 5.34. The van der Waals surface area contributed by atoms with E-state index in [2.05, 4.69) is 14.7 Å². The average Bonchev–Trinajstić information content (AvgIpc) is 3.03. The fourth-order valence-corrected chi connectivity index (χ4v) is 2.17. The minimum atomic E-state index is -4.78. The van der Waals surface area contributed by atoms with E-state index in [9.17, 15) is 22.4 Å². The van der Waals surface area contributed by atoms with Crippen molar-refractivity contribution < 1.29 is 31.6 Å². The zero-order valence-corrected chi connectivity index (χ0v) is 13.6. The van der Waals surface area contributed by atoms with Gasteiger partial charge in [0.1, 0.15) is 5.82 Å². The van der Waals surface area contributed by atoms with Crippen LogP contribution >= 0.6 is 0 Å². The lowest BCUT2D eigenvalue weighted by Crippen LogP contribution is -2.11. The molecule has 0 fully saturated rings. The summed E-state index contributed by atoms with van der Waals surface area (Å²) in [5.74, 6) is -3.20. The molecule has 0 bridgehead atoms. The highest BCUT2D eigenvalue weighted by Gasteiger charge is 2.38. The van der Waals surface area contributed by atoms with Crippen LogP contribution in [0.5, 0.6) is 0 Å². The van der Waals surface area contributed by atoms with Gasteiger partial charge in [-0.3, -0.25) is 4.79 Å². The molecule has 0 amide bonds. The Labute approximate surface area is 141 Å². The Morgan fingerprint density at radius 2 is 2.08 bits per heavy atom. The van der Waals surface area contributed by atoms with Gasteiger partial charge in [-0.15, -0.1) is 0 Å². The number of rotatable bonds is 7. The quantitative estimate of drug-likeness (QED) is 0.545. The molecule has 1 atom stereocenters. The lowest BCUT2D eigenvalue weighted by Gasteiger charge is -2.10. The van der Waals surface area contributed by atoms with Crippen molar-refractivity contribution in [2.75, 3.05) is 6.61 Å². The monoisotopic (exact) mass is 360 g/mol. The summed E-state index contributed by atoms with van der Waals surface area (Å²) in [4.78, 5) is 15.2. The highest BCUT2D eigenvalue weighted by Crippen LogP contribution is 2.29. The van der Waals surface area contributed by atoms with Gasteiger partial charge in [-0.25, -0.2) is 4.39 Å². The van der Waals surface area contributed by atoms with Crippen molar-refractivity contribution in [1.82, 2.24) is 10.1 Å². The number of hydrogen-bond acceptors (Lipinski definition) is 5. The minimum absolute atomic E-state index is 0.0176. The van der Waals surface area contributed by atoms with Gasteiger partial charge in [0, 0.05) is 18.6 Å². The molecule has 0 saturated carbocycles. The van der Waals surface area contributed by atoms with Crippen LogP contribution in [0.4, 0.5) is 17.6 Å². The van der Waals surface area contributed by atoms with E-state index in [1.807, 2.05) is 13.8 Å². The lowest BCUT2D eigenvalue weighted by molar-refractivity contribution is -0.159. The summed E-state index contributed by atoms with van der Waals surface area (Å²) in [6.07, 6.45) is -4.38. The summed E-state index contributed by atoms with van der Waals surface area (Å²) in [7, 11) is 0. The first-order chi connectivity index (χ1) is 11.7. The summed E-state index contributed by atoms with van der Waals surface area (Å²) in [5, 5.41) is 3.17. The van der Waals surface area contributed by atoms with Crippen molar-refractivity contribution >= 4 is 5.78 Å². The Balaban J connectivity index is 2.12. The van der Waals surface area contributed by atoms with E-state index in [1.165, 1.54) is 12.1 Å². The number of carbonyl (C=O) groups excluding carboxylic acids is 1. The summed E-state index contributed by atoms with van der Waals surface area (Å²) in [6.45, 7) is 4.16. The Bertz CT molecular complexity index is 743. The van der Waals surface area contributed by atoms with Crippen LogP contribution < -0.4 is 0 Å². The molecule has 1 unspecified atom stereocenters. The van der Waals surface area contributed by atoms with Crippen molar-refractivity contribution in [2.24, 2.45) is 0 Å². The molecule has 136 valence electrons. The van der Waals surface area contributed by atoms with Crippen LogP contribution in [0.15, 0.2) is 22.7 Å². The first-order valence-electron chi connectivity index (χ1n) is 7.58. The van der Waals surface area contributed by atoms with E-state index in [4.69, 9.17) is 4.74 Å². The molecule has 1 heterocycles. The zero-order valence-electron chi connectivity index (χ0n) is 13.6. The number of hydrogen-bond donors (Lipinski definition) is 0. The van der Waals surface area contributed by atoms with Gasteiger partial charge in [0.25, 0.3) is 0 Å². The maximum absolute atomic E-state index is 14.1. The molecule has 1 aromatic heterocycles. The number of ether oxygens (including phenoxy) is 1. The molecule has 0 aliphatic heterocycles. The van der Waals surface area contributed by atoms with Crippen LogP contribution in [-0.4, -0.2) is 28.6 Å². The van der Waals surface area contributed by atoms with Gasteiger partial charge in [-0.05, 0) is 32.4 Å². The molecular formula is C16H16F4N2O3. The fourth-order valence-electron chi connectivity index (χ4n) is 2.17. The summed E-state index contributed by atoms with van der Waals surface area (Å²) < 4.78 is 60.9. The van der Waals surface area contributed by atoms with Crippen LogP contribution in [0, 0.1) is 5.82 Å². The van der Waals surface area contributed by atoms with Crippen LogP contribution in [0.25, 0.3) is 11.4 Å². The Hall–Kier alpha value is -2.29. The molecule has 0 radical (unpaired) electrons. The van der Waals surface area contributed by atoms with E-state index in [-0.39, 0.29) is 23.7 Å². The Kier molecular flexibility index (Phi) is 5.89. The number of Topliss-reactive ketones (excluding diaryl/α,β-unsaturated/α-hetero) is 1. The molecule has 1 aromatic carbocycles. The van der Waals surface area contributed by atoms with Crippen molar-refractivity contribution in [2.45, 2.75) is 39.0 Å². The van der Waals surface area contributed by atoms with Gasteiger partial charge in [-0.1, -0.05) is 11.2 Å². The molecule has 5 nitrogen and oxygen atoms in total. The number of nitrogens with zero attached hydrogens (tertiary/aromatic N) is 2. The van der Waals surface area contributed by atoms with Crippen LogP contribution in [-0.2, 0) is 10.9 Å². The van der Waals surface area contributed by atoms with E-state index >= 15 is 0 Å². The lowest BCUT2D eigenvalue weighted by atomic mass is 10.0. The van der Waals surface area contributed by atoms with Gasteiger partial charge in [-0.2, -0.15) is 18.2 Å². The van der Waals surface area contributed by atoms with E-state index < -0.39 is 29.5 Å². The molecule has 9 heteroatoms. The third kappa shape index (κ3) is 4.85. The van der Waals surface area contributed by atoms with Gasteiger partial charge < -0.3 is 9.26 Å². The average molecular weight is 360 g/mol. The molecule has 0 saturated heterocycles. The van der Waals surface area contributed by atoms with Crippen LogP contribution in [0.3, 0.4) is 0 Å². The first-order valence-corrected chi connectivity index (χ1v) is 7.58. The highest BCUT2D eigenvalue weighted by molar-refractivity contribution is 5.96. The Morgan fingerprint density at radius 3 is 2.64 bits per heavy atom. The van der Waals surface area contributed by atoms with E-state index in [1.54, 1.807) is 0 Å². The molecule has 0 aliphatic carbocycles. The van der Waals surface area contributed by atoms with Crippen molar-refractivity contribution in [1.29, 1.82) is 0 Å². The molecule has 2 rings (SSSR count). The number of carbonyl (C=O) groups is 1. The predicted molar refractivity (Wildman–Crippen MR) is 79.3 cm³/mol. The molecule has 0 aliphatic rings. The minimum Gasteiger partial charge on any atom is -0.379 e. The molecule has 0 N–H and O–H groups in total. The normalized spacial score (nSPS) is 13.0. The number of aromatic nitrogens is 2. The third-order valence-electron chi connectivity index (χ3n) is 3.43. The van der Waals surface area contributed by atoms with Crippen LogP contribution in [0.1, 0.15) is 42.9 Å². The smallest absolute Gasteiger partial charge is 0.379 e. The summed E-state index contributed by atoms with van der Waals surface area (Å²) in [6, 6.07) is 3.37. The third-order valence-corrected chi connectivity index (χ3v) is 3.43. The maximum Gasteiger partial charge on any atom is 0.471 e. The number of alkyl halides is 3. The van der Waals surface area contributed by atoms with Gasteiger partial charge >= 0.3 is 12.1 Å². The van der Waals surface area contributed by atoms with Crippen LogP contribution in [0.2, 0.25) is 0 Å². The van der Waals surface area contributed by atoms with E-state index in [0.29, 0.717) is 13.0 Å². The summed E-state index contributed by atoms with van der Waals surface area (Å²) in [5.41, 5.74) is -0.164. The van der Waals surface area contributed by atoms with Crippen molar-refractivity contribution in [3.63, 3.8) is 0 Å². The Morgan fingerprint density at radius 1 is 1.36 bits per heavy atom. The molecule has 25 heavy (non-hydrogen) atoms. The second-order valence-electron chi connectivity index (χ2n) is 5.34. The van der Waals surface area contributed by atoms with Crippen molar-refractivity contribution in [3.8, 4) is 11.4 Å². The summed E-state index contributed by atoms with van der Waals surface area (Å²) >= 11 is 0. The predicted octanol–water partition coefficient (Wildman–Crippen LogP) is 4.28. The largest absolute Gasteiger partial charge is 0.471 e. The van der Waals surface area contributed by atoms with Crippen molar-refractivity contribution in [3.05, 3.63) is 35.5 Å². The number of ketones is 1. The SMILES string of the molecule is CCOC(C)CCC(=O)c1ccc(-c2noc(C(F)(F)F)n2)cc1F. The number of benzene rings is 1. The molecule has 0 spiro atoms. The first kappa shape index (κ1) is 19.0. The maximum atomic E-state index is 14.1. The van der Waals surface area contributed by atoms with Gasteiger partial charge in [0.05, 0.1) is 11.7 Å². The molecular weight excluding hydrogens is 344 g/mol. The number of halogens is 4. The topological polar surface area (TPSA) is 65.2 Å². The zero-order chi connectivity index (χ0) is 18.6. The van der Waals surface area contributed by atoms with Gasteiger partial charge in [0.2, 0.25) is 5.82 Å². The highest BCUT2D eigenvalue weighted by atomic mass is 19.4. The fraction of sp³-hybridized carbons (Fsp3) is 0.438. The molecule has 2 aromatic rings. The van der Waals surface area contributed by atoms with Gasteiger partial charge in [0.15, 0.2) is 5.78 Å².